The molecule has 0 radical (unpaired) electrons. The number of nitrogens with zero attached hydrogens (tertiary/aromatic N) is 2. The zero-order valence-electron chi connectivity index (χ0n) is 17.3. The molecule has 0 aromatic heterocycles. The molecular formula is C22H31N3O3. The molecule has 1 aromatic rings. The van der Waals surface area contributed by atoms with Crippen molar-refractivity contribution in [2.24, 2.45) is 5.92 Å². The van der Waals surface area contributed by atoms with Gasteiger partial charge in [-0.25, -0.2) is 0 Å². The number of hydrogen-bond acceptors (Lipinski definition) is 3. The van der Waals surface area contributed by atoms with Crippen molar-refractivity contribution < 1.29 is 14.4 Å². The Hall–Kier alpha value is -2.37. The lowest BCUT2D eigenvalue weighted by Gasteiger charge is -2.35. The average molecular weight is 386 g/mol. The number of rotatable bonds is 3. The number of aryl methyl sites for hydroxylation is 1. The Morgan fingerprint density at radius 3 is 2.21 bits per heavy atom. The Kier molecular flexibility index (Phi) is 5.77. The molecule has 0 bridgehead atoms. The van der Waals surface area contributed by atoms with E-state index < -0.39 is 0 Å². The van der Waals surface area contributed by atoms with Crippen molar-refractivity contribution >= 4 is 17.7 Å². The number of piperidine rings is 1. The minimum Gasteiger partial charge on any atom is -0.349 e. The summed E-state index contributed by atoms with van der Waals surface area (Å²) in [4.78, 5) is 41.2. The largest absolute Gasteiger partial charge is 0.349 e. The van der Waals surface area contributed by atoms with Gasteiger partial charge in [0.15, 0.2) is 0 Å². The number of benzene rings is 1. The predicted molar refractivity (Wildman–Crippen MR) is 108 cm³/mol. The molecule has 2 aliphatic rings. The predicted octanol–water partition coefficient (Wildman–Crippen LogP) is 2.36. The second kappa shape index (κ2) is 7.94. The number of amides is 3. The standard InChI is InChI=1S/C22H31N3O3/c1-15-5-7-16(8-6-15)20(27)23-18-9-11-24(12-10-18)21(28)17-13-19(26)25(14-17)22(2,3)4/h5-8,17-18H,9-14H2,1-4H3,(H,23,27). The number of hydrogen-bond donors (Lipinski definition) is 1. The highest BCUT2D eigenvalue weighted by Gasteiger charge is 2.41. The van der Waals surface area contributed by atoms with Crippen molar-refractivity contribution in [2.75, 3.05) is 19.6 Å². The van der Waals surface area contributed by atoms with E-state index in [1.807, 2.05) is 61.8 Å². The van der Waals surface area contributed by atoms with Crippen LogP contribution in [0.15, 0.2) is 24.3 Å². The second-order valence-electron chi connectivity index (χ2n) is 9.02. The minimum atomic E-state index is -0.251. The maximum absolute atomic E-state index is 12.9. The molecule has 28 heavy (non-hydrogen) atoms. The molecule has 6 heteroatoms. The fraction of sp³-hybridized carbons (Fsp3) is 0.591. The van der Waals surface area contributed by atoms with E-state index >= 15 is 0 Å². The maximum atomic E-state index is 12.9. The molecule has 2 fully saturated rings. The normalized spacial score (nSPS) is 21.1. The van der Waals surface area contributed by atoms with Gasteiger partial charge in [-0.15, -0.1) is 0 Å². The molecule has 0 spiro atoms. The molecule has 1 atom stereocenters. The van der Waals surface area contributed by atoms with Crippen LogP contribution < -0.4 is 5.32 Å². The summed E-state index contributed by atoms with van der Waals surface area (Å²) in [7, 11) is 0. The zero-order chi connectivity index (χ0) is 20.5. The van der Waals surface area contributed by atoms with Gasteiger partial charge in [0, 0.05) is 43.2 Å². The lowest BCUT2D eigenvalue weighted by Crippen LogP contribution is -2.48. The molecule has 1 N–H and O–H groups in total. The molecule has 1 aromatic carbocycles. The van der Waals surface area contributed by atoms with E-state index in [0.29, 0.717) is 31.6 Å². The second-order valence-corrected chi connectivity index (χ2v) is 9.02. The lowest BCUT2D eigenvalue weighted by atomic mass is 10.0. The van der Waals surface area contributed by atoms with Crippen LogP contribution in [0, 0.1) is 12.8 Å². The van der Waals surface area contributed by atoms with Crippen LogP contribution in [-0.4, -0.2) is 58.7 Å². The van der Waals surface area contributed by atoms with E-state index in [9.17, 15) is 14.4 Å². The number of likely N-dealkylation sites (tertiary alicyclic amines) is 2. The third kappa shape index (κ3) is 4.54. The van der Waals surface area contributed by atoms with Crippen LogP contribution in [0.1, 0.15) is 56.0 Å². The van der Waals surface area contributed by atoms with Crippen LogP contribution in [0.4, 0.5) is 0 Å². The van der Waals surface area contributed by atoms with Crippen LogP contribution >= 0.6 is 0 Å². The van der Waals surface area contributed by atoms with Crippen LogP contribution in [0.2, 0.25) is 0 Å². The topological polar surface area (TPSA) is 69.7 Å². The van der Waals surface area contributed by atoms with Crippen molar-refractivity contribution in [1.29, 1.82) is 0 Å². The van der Waals surface area contributed by atoms with Gasteiger partial charge in [-0.3, -0.25) is 14.4 Å². The summed E-state index contributed by atoms with van der Waals surface area (Å²) in [5.74, 6) is -0.174. The molecule has 2 heterocycles. The van der Waals surface area contributed by atoms with Gasteiger partial charge in [-0.05, 0) is 52.7 Å². The highest BCUT2D eigenvalue weighted by Crippen LogP contribution is 2.28. The molecule has 3 rings (SSSR count). The first-order chi connectivity index (χ1) is 13.1. The molecule has 152 valence electrons. The van der Waals surface area contributed by atoms with Crippen LogP contribution in [0.3, 0.4) is 0 Å². The van der Waals surface area contributed by atoms with Gasteiger partial charge in [0.2, 0.25) is 11.8 Å². The minimum absolute atomic E-state index is 0.0612. The summed E-state index contributed by atoms with van der Waals surface area (Å²) in [5, 5.41) is 3.08. The molecule has 6 nitrogen and oxygen atoms in total. The summed E-state index contributed by atoms with van der Waals surface area (Å²) in [6.45, 7) is 9.74. The van der Waals surface area contributed by atoms with E-state index in [2.05, 4.69) is 5.32 Å². The van der Waals surface area contributed by atoms with Gasteiger partial charge in [0.05, 0.1) is 5.92 Å². The van der Waals surface area contributed by atoms with E-state index in [0.717, 1.165) is 18.4 Å². The molecule has 0 aliphatic carbocycles. The Morgan fingerprint density at radius 2 is 1.68 bits per heavy atom. The maximum Gasteiger partial charge on any atom is 0.251 e. The SMILES string of the molecule is Cc1ccc(C(=O)NC2CCN(C(=O)C3CC(=O)N(C(C)(C)C)C3)CC2)cc1. The fourth-order valence-electron chi connectivity index (χ4n) is 4.00. The third-order valence-electron chi connectivity index (χ3n) is 5.74. The lowest BCUT2D eigenvalue weighted by molar-refractivity contribution is -0.136. The fourth-order valence-corrected chi connectivity index (χ4v) is 4.00. The van der Waals surface area contributed by atoms with Gasteiger partial charge in [-0.1, -0.05) is 17.7 Å². The van der Waals surface area contributed by atoms with Crippen LogP contribution in [0.25, 0.3) is 0 Å². The summed E-state index contributed by atoms with van der Waals surface area (Å²) < 4.78 is 0. The van der Waals surface area contributed by atoms with Gasteiger partial charge < -0.3 is 15.1 Å². The molecule has 3 amide bonds. The van der Waals surface area contributed by atoms with Gasteiger partial charge in [0.25, 0.3) is 5.91 Å². The van der Waals surface area contributed by atoms with Gasteiger partial charge in [0.1, 0.15) is 0 Å². The Morgan fingerprint density at radius 1 is 1.07 bits per heavy atom. The molecule has 2 aliphatic heterocycles. The van der Waals surface area contributed by atoms with E-state index in [1.165, 1.54) is 0 Å². The van der Waals surface area contributed by atoms with Crippen molar-refractivity contribution in [3.8, 4) is 0 Å². The third-order valence-corrected chi connectivity index (χ3v) is 5.74. The smallest absolute Gasteiger partial charge is 0.251 e. The average Bonchev–Trinajstić information content (AvgIpc) is 3.04. The van der Waals surface area contributed by atoms with E-state index in [1.54, 1.807) is 0 Å². The number of nitrogens with one attached hydrogen (secondary N) is 1. The zero-order valence-corrected chi connectivity index (χ0v) is 17.3. The number of carbonyl (C=O) groups excluding carboxylic acids is 3. The van der Waals surface area contributed by atoms with Crippen molar-refractivity contribution in [2.45, 2.75) is 58.5 Å². The Balaban J connectivity index is 1.50. The summed E-state index contributed by atoms with van der Waals surface area (Å²) >= 11 is 0. The van der Waals surface area contributed by atoms with Crippen molar-refractivity contribution in [1.82, 2.24) is 15.1 Å². The van der Waals surface area contributed by atoms with E-state index in [-0.39, 0.29) is 35.2 Å². The highest BCUT2D eigenvalue weighted by molar-refractivity contribution is 5.94. The first-order valence-corrected chi connectivity index (χ1v) is 10.1. The van der Waals surface area contributed by atoms with Crippen molar-refractivity contribution in [3.63, 3.8) is 0 Å². The quantitative estimate of drug-likeness (QED) is 0.868. The van der Waals surface area contributed by atoms with Gasteiger partial charge in [-0.2, -0.15) is 0 Å². The molecule has 0 saturated carbocycles. The molecule has 1 unspecified atom stereocenters. The van der Waals surface area contributed by atoms with Crippen LogP contribution in [-0.2, 0) is 9.59 Å². The first-order valence-electron chi connectivity index (χ1n) is 10.1. The van der Waals surface area contributed by atoms with E-state index in [4.69, 9.17) is 0 Å². The summed E-state index contributed by atoms with van der Waals surface area (Å²) in [6, 6.07) is 7.61. The summed E-state index contributed by atoms with van der Waals surface area (Å²) in [6.07, 6.45) is 1.79. The van der Waals surface area contributed by atoms with Crippen LogP contribution in [0.5, 0.6) is 0 Å². The number of carbonyl (C=O) groups is 3. The molecule has 2 saturated heterocycles. The highest BCUT2D eigenvalue weighted by atomic mass is 16.2. The first kappa shape index (κ1) is 20.4. The monoisotopic (exact) mass is 385 g/mol. The molecular weight excluding hydrogens is 354 g/mol. The summed E-state index contributed by atoms with van der Waals surface area (Å²) in [5.41, 5.74) is 1.54. The van der Waals surface area contributed by atoms with Gasteiger partial charge >= 0.3 is 0 Å². The Bertz CT molecular complexity index is 743. The van der Waals surface area contributed by atoms with Crippen molar-refractivity contribution in [3.05, 3.63) is 35.4 Å². The Labute approximate surface area is 167 Å².